The summed E-state index contributed by atoms with van der Waals surface area (Å²) >= 11 is 0. The monoisotopic (exact) mass is 303 g/mol. The zero-order valence-electron chi connectivity index (χ0n) is 13.4. The average Bonchev–Trinajstić information content (AvgIpc) is 2.45. The SMILES string of the molecule is CCCN(CC)CCNC(=O)NC(CCCOC)C(=O)O. The van der Waals surface area contributed by atoms with Crippen LogP contribution in [-0.4, -0.2) is 67.9 Å². The molecule has 0 heterocycles. The lowest BCUT2D eigenvalue weighted by Gasteiger charge is -2.20. The first-order chi connectivity index (χ1) is 10.0. The van der Waals surface area contributed by atoms with Crippen LogP contribution in [0.3, 0.4) is 0 Å². The first-order valence-corrected chi connectivity index (χ1v) is 7.53. The number of carbonyl (C=O) groups excluding carboxylic acids is 1. The second kappa shape index (κ2) is 12.4. The summed E-state index contributed by atoms with van der Waals surface area (Å²) in [6.45, 7) is 7.87. The zero-order chi connectivity index (χ0) is 16.1. The molecule has 0 aromatic rings. The summed E-state index contributed by atoms with van der Waals surface area (Å²) in [4.78, 5) is 25.0. The second-order valence-electron chi connectivity index (χ2n) is 4.86. The van der Waals surface area contributed by atoms with Crippen molar-refractivity contribution in [2.45, 2.75) is 39.2 Å². The van der Waals surface area contributed by atoms with E-state index in [1.807, 2.05) is 0 Å². The Balaban J connectivity index is 3.99. The van der Waals surface area contributed by atoms with Gasteiger partial charge in [0.1, 0.15) is 6.04 Å². The molecule has 7 heteroatoms. The van der Waals surface area contributed by atoms with Gasteiger partial charge in [-0.2, -0.15) is 0 Å². The van der Waals surface area contributed by atoms with Gasteiger partial charge in [-0.1, -0.05) is 13.8 Å². The number of carbonyl (C=O) groups is 2. The number of methoxy groups -OCH3 is 1. The molecule has 0 bridgehead atoms. The summed E-state index contributed by atoms with van der Waals surface area (Å²) in [5, 5.41) is 14.2. The van der Waals surface area contributed by atoms with Crippen LogP contribution < -0.4 is 10.6 Å². The third-order valence-electron chi connectivity index (χ3n) is 3.15. The zero-order valence-corrected chi connectivity index (χ0v) is 13.4. The van der Waals surface area contributed by atoms with E-state index in [1.165, 1.54) is 0 Å². The summed E-state index contributed by atoms with van der Waals surface area (Å²) in [6.07, 6.45) is 2.02. The van der Waals surface area contributed by atoms with Crippen LogP contribution in [0.25, 0.3) is 0 Å². The van der Waals surface area contributed by atoms with Gasteiger partial charge in [-0.3, -0.25) is 0 Å². The lowest BCUT2D eigenvalue weighted by atomic mass is 10.1. The number of hydrogen-bond donors (Lipinski definition) is 3. The Labute approximate surface area is 127 Å². The summed E-state index contributed by atoms with van der Waals surface area (Å²) in [7, 11) is 1.56. The predicted octanol–water partition coefficient (Wildman–Crippen LogP) is 0.897. The molecule has 0 aromatic carbocycles. The van der Waals surface area contributed by atoms with Gasteiger partial charge in [0, 0.05) is 26.8 Å². The minimum atomic E-state index is -1.03. The minimum absolute atomic E-state index is 0.355. The number of likely N-dealkylation sites (N-methyl/N-ethyl adjacent to an activating group) is 1. The van der Waals surface area contributed by atoms with Gasteiger partial charge in [0.05, 0.1) is 0 Å². The number of nitrogens with one attached hydrogen (secondary N) is 2. The summed E-state index contributed by atoms with van der Waals surface area (Å²) in [6, 6.07) is -1.31. The maximum absolute atomic E-state index is 11.7. The topological polar surface area (TPSA) is 90.9 Å². The fourth-order valence-corrected chi connectivity index (χ4v) is 1.97. The molecule has 1 atom stereocenters. The minimum Gasteiger partial charge on any atom is -0.480 e. The number of carboxylic acid groups (broad SMARTS) is 1. The Kier molecular flexibility index (Phi) is 11.6. The first-order valence-electron chi connectivity index (χ1n) is 7.53. The number of nitrogens with zero attached hydrogens (tertiary/aromatic N) is 1. The van der Waals surface area contributed by atoms with Crippen molar-refractivity contribution in [1.29, 1.82) is 0 Å². The first kappa shape index (κ1) is 19.7. The average molecular weight is 303 g/mol. The van der Waals surface area contributed by atoms with Gasteiger partial charge in [0.25, 0.3) is 0 Å². The Morgan fingerprint density at radius 1 is 1.29 bits per heavy atom. The van der Waals surface area contributed by atoms with Crippen LogP contribution in [0.15, 0.2) is 0 Å². The van der Waals surface area contributed by atoms with E-state index < -0.39 is 18.0 Å². The van der Waals surface area contributed by atoms with Crippen molar-refractivity contribution in [2.75, 3.05) is 39.9 Å². The highest BCUT2D eigenvalue weighted by molar-refractivity contribution is 5.82. The Hall–Kier alpha value is -1.34. The van der Waals surface area contributed by atoms with Gasteiger partial charge in [-0.25, -0.2) is 9.59 Å². The molecule has 0 aliphatic rings. The maximum atomic E-state index is 11.7. The van der Waals surface area contributed by atoms with E-state index in [1.54, 1.807) is 7.11 Å². The van der Waals surface area contributed by atoms with Crippen molar-refractivity contribution in [2.24, 2.45) is 0 Å². The largest absolute Gasteiger partial charge is 0.480 e. The van der Waals surface area contributed by atoms with Gasteiger partial charge in [-0.05, 0) is 32.4 Å². The number of rotatable bonds is 12. The second-order valence-corrected chi connectivity index (χ2v) is 4.86. The molecule has 0 rings (SSSR count). The van der Waals surface area contributed by atoms with Crippen LogP contribution in [0.2, 0.25) is 0 Å². The maximum Gasteiger partial charge on any atom is 0.326 e. The molecule has 3 N–H and O–H groups in total. The van der Waals surface area contributed by atoms with Gasteiger partial charge >= 0.3 is 12.0 Å². The van der Waals surface area contributed by atoms with Crippen molar-refractivity contribution in [3.63, 3.8) is 0 Å². The molecule has 21 heavy (non-hydrogen) atoms. The summed E-state index contributed by atoms with van der Waals surface area (Å²) in [5.74, 6) is -1.03. The van der Waals surface area contributed by atoms with Gasteiger partial charge < -0.3 is 25.4 Å². The van der Waals surface area contributed by atoms with Gasteiger partial charge in [0.15, 0.2) is 0 Å². The van der Waals surface area contributed by atoms with Crippen LogP contribution in [-0.2, 0) is 9.53 Å². The predicted molar refractivity (Wildman–Crippen MR) is 81.5 cm³/mol. The number of carboxylic acids is 1. The van der Waals surface area contributed by atoms with Crippen LogP contribution in [0.5, 0.6) is 0 Å². The number of aliphatic carboxylic acids is 1. The Morgan fingerprint density at radius 3 is 2.52 bits per heavy atom. The van der Waals surface area contributed by atoms with E-state index in [-0.39, 0.29) is 0 Å². The molecule has 0 spiro atoms. The lowest BCUT2D eigenvalue weighted by Crippen LogP contribution is -2.47. The number of ether oxygens (including phenoxy) is 1. The van der Waals surface area contributed by atoms with Crippen LogP contribution in [0, 0.1) is 0 Å². The Bertz CT molecular complexity index is 300. The Morgan fingerprint density at radius 2 is 2.00 bits per heavy atom. The van der Waals surface area contributed by atoms with E-state index in [0.29, 0.717) is 26.0 Å². The molecule has 7 nitrogen and oxygen atoms in total. The van der Waals surface area contributed by atoms with E-state index >= 15 is 0 Å². The van der Waals surface area contributed by atoms with Gasteiger partial charge in [-0.15, -0.1) is 0 Å². The molecule has 0 saturated carbocycles. The highest BCUT2D eigenvalue weighted by Crippen LogP contribution is 1.98. The van der Waals surface area contributed by atoms with Crippen molar-refractivity contribution in [1.82, 2.24) is 15.5 Å². The number of amides is 2. The molecule has 0 aromatic heterocycles. The highest BCUT2D eigenvalue weighted by Gasteiger charge is 2.19. The highest BCUT2D eigenvalue weighted by atomic mass is 16.5. The molecular formula is C14H29N3O4. The van der Waals surface area contributed by atoms with Crippen molar-refractivity contribution >= 4 is 12.0 Å². The van der Waals surface area contributed by atoms with Crippen LogP contribution in [0.4, 0.5) is 4.79 Å². The molecule has 0 aliphatic heterocycles. The molecule has 0 radical (unpaired) electrons. The number of hydrogen-bond acceptors (Lipinski definition) is 4. The van der Waals surface area contributed by atoms with E-state index in [9.17, 15) is 9.59 Å². The van der Waals surface area contributed by atoms with E-state index in [2.05, 4.69) is 29.4 Å². The molecule has 0 saturated heterocycles. The van der Waals surface area contributed by atoms with E-state index in [0.717, 1.165) is 26.1 Å². The fraction of sp³-hybridized carbons (Fsp3) is 0.857. The number of urea groups is 1. The van der Waals surface area contributed by atoms with E-state index in [4.69, 9.17) is 9.84 Å². The third kappa shape index (κ3) is 10.1. The molecular weight excluding hydrogens is 274 g/mol. The molecule has 124 valence electrons. The molecule has 2 amide bonds. The summed E-state index contributed by atoms with van der Waals surface area (Å²) in [5.41, 5.74) is 0. The quantitative estimate of drug-likeness (QED) is 0.466. The molecule has 1 unspecified atom stereocenters. The van der Waals surface area contributed by atoms with Crippen LogP contribution >= 0.6 is 0 Å². The molecule has 0 fully saturated rings. The van der Waals surface area contributed by atoms with Gasteiger partial charge in [0.2, 0.25) is 0 Å². The van der Waals surface area contributed by atoms with Crippen molar-refractivity contribution in [3.05, 3.63) is 0 Å². The van der Waals surface area contributed by atoms with Crippen LogP contribution in [0.1, 0.15) is 33.1 Å². The lowest BCUT2D eigenvalue weighted by molar-refractivity contribution is -0.139. The smallest absolute Gasteiger partial charge is 0.326 e. The fourth-order valence-electron chi connectivity index (χ4n) is 1.97. The molecule has 0 aliphatic carbocycles. The normalized spacial score (nSPS) is 12.2. The standard InChI is InChI=1S/C14H29N3O4/c1-4-9-17(5-2)10-8-15-14(20)16-12(13(18)19)7-6-11-21-3/h12H,4-11H2,1-3H3,(H,18,19)(H2,15,16,20). The third-order valence-corrected chi connectivity index (χ3v) is 3.15. The summed E-state index contributed by atoms with van der Waals surface area (Å²) < 4.78 is 4.88. The van der Waals surface area contributed by atoms with Crippen molar-refractivity contribution < 1.29 is 19.4 Å². The van der Waals surface area contributed by atoms with Crippen molar-refractivity contribution in [3.8, 4) is 0 Å².